The predicted octanol–water partition coefficient (Wildman–Crippen LogP) is 0.700. The van der Waals surface area contributed by atoms with Gasteiger partial charge in [0.2, 0.25) is 0 Å². The van der Waals surface area contributed by atoms with Crippen molar-refractivity contribution in [3.8, 4) is 0 Å². The molecular formula is C6H10N4O2. The van der Waals surface area contributed by atoms with Crippen LogP contribution in [0.5, 0.6) is 0 Å². The van der Waals surface area contributed by atoms with E-state index < -0.39 is 0 Å². The van der Waals surface area contributed by atoms with E-state index in [0.29, 0.717) is 23.8 Å². The zero-order valence-electron chi connectivity index (χ0n) is 6.90. The second-order valence-electron chi connectivity index (χ2n) is 2.18. The molecule has 0 atom stereocenters. The Bertz CT molecular complexity index is 281. The number of aromatic nitrogens is 2. The van der Waals surface area contributed by atoms with Crippen molar-refractivity contribution in [1.29, 1.82) is 0 Å². The van der Waals surface area contributed by atoms with E-state index in [1.807, 2.05) is 6.92 Å². The van der Waals surface area contributed by atoms with Crippen LogP contribution in [0.3, 0.4) is 0 Å². The quantitative estimate of drug-likeness (QED) is 0.396. The van der Waals surface area contributed by atoms with Crippen LogP contribution in [0.1, 0.15) is 19.5 Å². The average molecular weight is 170 g/mol. The molecular weight excluding hydrogens is 160 g/mol. The fourth-order valence-corrected chi connectivity index (χ4v) is 0.757. The second-order valence-corrected chi connectivity index (χ2v) is 2.18. The van der Waals surface area contributed by atoms with Gasteiger partial charge in [-0.25, -0.2) is 4.63 Å². The van der Waals surface area contributed by atoms with Crippen LogP contribution in [-0.2, 0) is 0 Å². The number of hydrogen-bond acceptors (Lipinski definition) is 6. The third-order valence-corrected chi connectivity index (χ3v) is 1.33. The van der Waals surface area contributed by atoms with Gasteiger partial charge in [0.05, 0.1) is 0 Å². The van der Waals surface area contributed by atoms with Gasteiger partial charge in [0.15, 0.2) is 11.5 Å². The highest BCUT2D eigenvalue weighted by Crippen LogP contribution is 2.09. The number of hydrogen-bond donors (Lipinski definition) is 2. The minimum Gasteiger partial charge on any atom is -0.411 e. The summed E-state index contributed by atoms with van der Waals surface area (Å²) in [6.45, 7) is 4.24. The van der Waals surface area contributed by atoms with Crippen LogP contribution in [0.4, 0.5) is 5.82 Å². The third-order valence-electron chi connectivity index (χ3n) is 1.33. The molecule has 0 aliphatic rings. The summed E-state index contributed by atoms with van der Waals surface area (Å²) in [6, 6.07) is 0. The molecule has 1 aromatic heterocycles. The molecule has 0 aliphatic heterocycles. The summed E-state index contributed by atoms with van der Waals surface area (Å²) in [4.78, 5) is 0. The molecule has 0 saturated heterocycles. The van der Waals surface area contributed by atoms with Crippen molar-refractivity contribution < 1.29 is 9.84 Å². The highest BCUT2D eigenvalue weighted by Gasteiger charge is 2.11. The molecule has 0 fully saturated rings. The van der Waals surface area contributed by atoms with Crippen molar-refractivity contribution in [3.05, 3.63) is 5.69 Å². The van der Waals surface area contributed by atoms with Crippen LogP contribution in [0.25, 0.3) is 0 Å². The van der Waals surface area contributed by atoms with Crippen molar-refractivity contribution in [2.75, 3.05) is 11.9 Å². The van der Waals surface area contributed by atoms with Crippen molar-refractivity contribution in [2.45, 2.75) is 13.8 Å². The number of nitrogens with zero attached hydrogens (tertiary/aromatic N) is 3. The van der Waals surface area contributed by atoms with E-state index in [2.05, 4.69) is 25.4 Å². The van der Waals surface area contributed by atoms with Gasteiger partial charge in [-0.1, -0.05) is 5.16 Å². The van der Waals surface area contributed by atoms with Crippen LogP contribution in [0.15, 0.2) is 9.78 Å². The molecule has 0 unspecified atom stereocenters. The molecule has 2 N–H and O–H groups in total. The maximum atomic E-state index is 8.45. The molecule has 0 saturated carbocycles. The summed E-state index contributed by atoms with van der Waals surface area (Å²) in [5.74, 6) is 0.493. The van der Waals surface area contributed by atoms with Gasteiger partial charge in [-0.3, -0.25) is 0 Å². The minimum atomic E-state index is 0.368. The van der Waals surface area contributed by atoms with E-state index in [0.717, 1.165) is 0 Å². The lowest BCUT2D eigenvalue weighted by Crippen LogP contribution is -2.04. The van der Waals surface area contributed by atoms with Gasteiger partial charge < -0.3 is 10.5 Å². The van der Waals surface area contributed by atoms with Gasteiger partial charge in [0, 0.05) is 6.54 Å². The van der Waals surface area contributed by atoms with Gasteiger partial charge in [0.1, 0.15) is 5.71 Å². The largest absolute Gasteiger partial charge is 0.411 e. The van der Waals surface area contributed by atoms with Crippen LogP contribution in [-0.4, -0.2) is 27.8 Å². The van der Waals surface area contributed by atoms with Crippen LogP contribution in [0, 0.1) is 0 Å². The first kappa shape index (κ1) is 8.51. The van der Waals surface area contributed by atoms with E-state index in [9.17, 15) is 0 Å². The fourth-order valence-electron chi connectivity index (χ4n) is 0.757. The van der Waals surface area contributed by atoms with E-state index in [-0.39, 0.29) is 0 Å². The maximum Gasteiger partial charge on any atom is 0.200 e. The number of anilines is 1. The van der Waals surface area contributed by atoms with E-state index in [4.69, 9.17) is 5.21 Å². The van der Waals surface area contributed by atoms with Crippen molar-refractivity contribution in [3.63, 3.8) is 0 Å². The Morgan fingerprint density at radius 1 is 1.67 bits per heavy atom. The zero-order valence-corrected chi connectivity index (χ0v) is 6.90. The summed E-state index contributed by atoms with van der Waals surface area (Å²) >= 11 is 0. The molecule has 0 aromatic carbocycles. The van der Waals surface area contributed by atoms with Crippen LogP contribution >= 0.6 is 0 Å². The normalized spacial score (nSPS) is 11.7. The molecule has 6 heteroatoms. The average Bonchev–Trinajstić information content (AvgIpc) is 2.52. The molecule has 0 aliphatic carbocycles. The van der Waals surface area contributed by atoms with Crippen LogP contribution < -0.4 is 5.32 Å². The molecule has 6 nitrogen and oxygen atoms in total. The van der Waals surface area contributed by atoms with Crippen molar-refractivity contribution >= 4 is 11.5 Å². The molecule has 1 heterocycles. The first-order valence-corrected chi connectivity index (χ1v) is 3.55. The lowest BCUT2D eigenvalue weighted by atomic mass is 10.3. The first-order valence-electron chi connectivity index (χ1n) is 3.55. The molecule has 0 amide bonds. The number of rotatable bonds is 3. The molecule has 0 bridgehead atoms. The molecule has 0 spiro atoms. The fraction of sp³-hybridized carbons (Fsp3) is 0.500. The second kappa shape index (κ2) is 3.70. The summed E-state index contributed by atoms with van der Waals surface area (Å²) in [6.07, 6.45) is 0. The topological polar surface area (TPSA) is 83.5 Å². The Kier molecular flexibility index (Phi) is 2.62. The predicted molar refractivity (Wildman–Crippen MR) is 42.5 cm³/mol. The Labute approximate surface area is 69.2 Å². The van der Waals surface area contributed by atoms with Gasteiger partial charge in [0.25, 0.3) is 0 Å². The Hall–Kier alpha value is -1.59. The lowest BCUT2D eigenvalue weighted by Gasteiger charge is -1.96. The van der Waals surface area contributed by atoms with E-state index in [1.165, 1.54) is 0 Å². The lowest BCUT2D eigenvalue weighted by molar-refractivity contribution is 0.305. The maximum absolute atomic E-state index is 8.45. The number of oxime groups is 1. The molecule has 12 heavy (non-hydrogen) atoms. The summed E-state index contributed by atoms with van der Waals surface area (Å²) in [5.41, 5.74) is 0.798. The van der Waals surface area contributed by atoms with Crippen molar-refractivity contribution in [1.82, 2.24) is 10.3 Å². The molecule has 66 valence electrons. The molecule has 0 radical (unpaired) electrons. The Morgan fingerprint density at radius 3 is 3.00 bits per heavy atom. The van der Waals surface area contributed by atoms with Gasteiger partial charge >= 0.3 is 0 Å². The van der Waals surface area contributed by atoms with Gasteiger partial charge in [-0.15, -0.1) is 0 Å². The Morgan fingerprint density at radius 2 is 2.42 bits per heavy atom. The third kappa shape index (κ3) is 1.52. The zero-order chi connectivity index (χ0) is 8.97. The summed E-state index contributed by atoms with van der Waals surface area (Å²) in [7, 11) is 0. The van der Waals surface area contributed by atoms with Crippen LogP contribution in [0.2, 0.25) is 0 Å². The molecule has 1 rings (SSSR count). The highest BCUT2D eigenvalue weighted by atomic mass is 16.6. The minimum absolute atomic E-state index is 0.368. The summed E-state index contributed by atoms with van der Waals surface area (Å²) in [5, 5.41) is 21.5. The number of nitrogens with one attached hydrogen (secondary N) is 1. The monoisotopic (exact) mass is 170 g/mol. The SMILES string of the molecule is CCNc1nonc1C(C)=NO. The van der Waals surface area contributed by atoms with Gasteiger partial charge in [-0.2, -0.15) is 0 Å². The molecule has 1 aromatic rings. The van der Waals surface area contributed by atoms with E-state index in [1.54, 1.807) is 6.92 Å². The van der Waals surface area contributed by atoms with Crippen molar-refractivity contribution in [2.24, 2.45) is 5.16 Å². The standard InChI is InChI=1S/C6H10N4O2/c1-3-7-6-5(4(2)8-11)9-12-10-6/h11H,3H2,1-2H3,(H,7,10). The summed E-state index contributed by atoms with van der Waals surface area (Å²) < 4.78 is 4.47. The highest BCUT2D eigenvalue weighted by molar-refractivity contribution is 6.00. The van der Waals surface area contributed by atoms with E-state index >= 15 is 0 Å². The smallest absolute Gasteiger partial charge is 0.200 e. The first-order chi connectivity index (χ1) is 5.79. The van der Waals surface area contributed by atoms with Gasteiger partial charge in [-0.05, 0) is 24.2 Å². The Balaban J connectivity index is 2.91.